The van der Waals surface area contributed by atoms with E-state index in [2.05, 4.69) is 17.1 Å². The third-order valence-electron chi connectivity index (χ3n) is 3.70. The van der Waals surface area contributed by atoms with Crippen LogP contribution in [0, 0.1) is 18.3 Å². The minimum Gasteiger partial charge on any atom is -0.378 e. The highest BCUT2D eigenvalue weighted by Gasteiger charge is 2.11. The molecule has 1 unspecified atom stereocenters. The van der Waals surface area contributed by atoms with Crippen LogP contribution in [0.15, 0.2) is 54.6 Å². The number of benzene rings is 2. The lowest BCUT2D eigenvalue weighted by molar-refractivity contribution is 0.230. The number of aromatic nitrogens is 1. The van der Waals surface area contributed by atoms with Crippen molar-refractivity contribution in [2.45, 2.75) is 19.4 Å². The lowest BCUT2D eigenvalue weighted by atomic mass is 10.0. The van der Waals surface area contributed by atoms with Crippen molar-refractivity contribution in [2.75, 3.05) is 0 Å². The van der Waals surface area contributed by atoms with Crippen molar-refractivity contribution in [3.05, 3.63) is 65.9 Å². The first-order valence-electron chi connectivity index (χ1n) is 7.21. The second-order valence-corrected chi connectivity index (χ2v) is 5.39. The molecule has 0 fully saturated rings. The number of nitrogens with zero attached hydrogens (tertiary/aromatic N) is 2. The van der Waals surface area contributed by atoms with Crippen molar-refractivity contribution in [3.63, 3.8) is 0 Å². The highest BCUT2D eigenvalue weighted by molar-refractivity contribution is 5.88. The summed E-state index contributed by atoms with van der Waals surface area (Å²) in [6, 6.07) is 20.0. The van der Waals surface area contributed by atoms with Crippen molar-refractivity contribution in [3.8, 4) is 17.3 Å². The summed E-state index contributed by atoms with van der Waals surface area (Å²) in [5.41, 5.74) is 3.84. The summed E-state index contributed by atoms with van der Waals surface area (Å²) in [4.78, 5) is 4.68. The van der Waals surface area contributed by atoms with E-state index in [9.17, 15) is 5.11 Å². The Balaban J connectivity index is 2.16. The van der Waals surface area contributed by atoms with E-state index in [4.69, 9.17) is 5.26 Å². The molecule has 1 atom stereocenters. The molecule has 1 aromatic heterocycles. The van der Waals surface area contributed by atoms with Gasteiger partial charge in [-0.3, -0.25) is 4.98 Å². The number of hydrogen-bond acceptors (Lipinski definition) is 3. The van der Waals surface area contributed by atoms with E-state index in [1.54, 1.807) is 0 Å². The van der Waals surface area contributed by atoms with Gasteiger partial charge in [0.15, 0.2) is 0 Å². The molecular weight excluding hydrogens is 272 g/mol. The van der Waals surface area contributed by atoms with Gasteiger partial charge in [0.25, 0.3) is 0 Å². The molecule has 0 radical (unpaired) electrons. The second-order valence-electron chi connectivity index (χ2n) is 5.39. The highest BCUT2D eigenvalue weighted by Crippen LogP contribution is 2.25. The minimum atomic E-state index is -1.04. The molecule has 108 valence electrons. The lowest BCUT2D eigenvalue weighted by Crippen LogP contribution is -2.09. The van der Waals surface area contributed by atoms with E-state index in [0.29, 0.717) is 0 Å². The fraction of sp³-hybridized carbons (Fsp3) is 0.158. The van der Waals surface area contributed by atoms with Crippen LogP contribution in [0.25, 0.3) is 22.0 Å². The fourth-order valence-corrected chi connectivity index (χ4v) is 2.53. The van der Waals surface area contributed by atoms with Crippen LogP contribution in [0.2, 0.25) is 0 Å². The molecule has 0 aliphatic heterocycles. The highest BCUT2D eigenvalue weighted by atomic mass is 16.3. The van der Waals surface area contributed by atoms with Gasteiger partial charge in [0, 0.05) is 17.4 Å². The lowest BCUT2D eigenvalue weighted by Gasteiger charge is -2.10. The number of fused-ring (bicyclic) bond motifs is 1. The van der Waals surface area contributed by atoms with E-state index < -0.39 is 6.10 Å². The minimum absolute atomic E-state index is 0.233. The average Bonchev–Trinajstić information content (AvgIpc) is 2.55. The zero-order valence-electron chi connectivity index (χ0n) is 12.3. The monoisotopic (exact) mass is 288 g/mol. The summed E-state index contributed by atoms with van der Waals surface area (Å²) in [5.74, 6) is 0. The van der Waals surface area contributed by atoms with E-state index >= 15 is 0 Å². The summed E-state index contributed by atoms with van der Waals surface area (Å²) in [7, 11) is 0. The van der Waals surface area contributed by atoms with Gasteiger partial charge >= 0.3 is 0 Å². The van der Waals surface area contributed by atoms with E-state index in [1.807, 2.05) is 55.5 Å². The van der Waals surface area contributed by atoms with Gasteiger partial charge in [-0.1, -0.05) is 54.1 Å². The van der Waals surface area contributed by atoms with Crippen molar-refractivity contribution >= 4 is 10.8 Å². The summed E-state index contributed by atoms with van der Waals surface area (Å²) in [6.07, 6.45) is -0.805. The largest absolute Gasteiger partial charge is 0.378 e. The van der Waals surface area contributed by atoms with Crippen LogP contribution in [-0.4, -0.2) is 16.2 Å². The number of rotatable bonds is 3. The maximum absolute atomic E-state index is 9.67. The molecule has 0 saturated carbocycles. The Morgan fingerprint density at radius 3 is 2.59 bits per heavy atom. The zero-order valence-corrected chi connectivity index (χ0v) is 12.3. The van der Waals surface area contributed by atoms with Crippen LogP contribution in [0.4, 0.5) is 0 Å². The molecule has 0 saturated heterocycles. The SMILES string of the molecule is Cc1ccc(-c2cc3ccccc3c(CC(O)C#N)n2)cc1. The number of aryl methyl sites for hydroxylation is 1. The van der Waals surface area contributed by atoms with Gasteiger partial charge in [-0.05, 0) is 18.4 Å². The first-order valence-corrected chi connectivity index (χ1v) is 7.21. The molecule has 3 heteroatoms. The molecule has 0 bridgehead atoms. The van der Waals surface area contributed by atoms with Gasteiger partial charge in [0.2, 0.25) is 0 Å². The van der Waals surface area contributed by atoms with Crippen LogP contribution in [0.5, 0.6) is 0 Å². The van der Waals surface area contributed by atoms with E-state index in [-0.39, 0.29) is 6.42 Å². The molecule has 0 amide bonds. The molecular formula is C19H16N2O. The van der Waals surface area contributed by atoms with Crippen molar-refractivity contribution in [1.82, 2.24) is 4.98 Å². The van der Waals surface area contributed by atoms with Gasteiger partial charge in [0.05, 0.1) is 17.5 Å². The summed E-state index contributed by atoms with van der Waals surface area (Å²) >= 11 is 0. The molecule has 0 aliphatic rings. The number of nitriles is 1. The van der Waals surface area contributed by atoms with Crippen LogP contribution >= 0.6 is 0 Å². The summed E-state index contributed by atoms with van der Waals surface area (Å²) < 4.78 is 0. The van der Waals surface area contributed by atoms with Gasteiger partial charge in [-0.2, -0.15) is 5.26 Å². The van der Waals surface area contributed by atoms with Gasteiger partial charge in [0.1, 0.15) is 6.10 Å². The molecule has 0 spiro atoms. The smallest absolute Gasteiger partial charge is 0.146 e. The second kappa shape index (κ2) is 5.97. The molecule has 3 nitrogen and oxygen atoms in total. The van der Waals surface area contributed by atoms with Crippen molar-refractivity contribution in [2.24, 2.45) is 0 Å². The summed E-state index contributed by atoms with van der Waals surface area (Å²) in [5, 5.41) is 20.6. The molecule has 1 N–H and O–H groups in total. The normalized spacial score (nSPS) is 12.0. The van der Waals surface area contributed by atoms with Crippen LogP contribution < -0.4 is 0 Å². The van der Waals surface area contributed by atoms with Crippen LogP contribution in [0.1, 0.15) is 11.3 Å². The zero-order chi connectivity index (χ0) is 15.5. The van der Waals surface area contributed by atoms with Gasteiger partial charge in [-0.25, -0.2) is 0 Å². The Morgan fingerprint density at radius 2 is 1.86 bits per heavy atom. The van der Waals surface area contributed by atoms with Gasteiger partial charge < -0.3 is 5.11 Å². The molecule has 3 aromatic rings. The Kier molecular flexibility index (Phi) is 3.86. The maximum Gasteiger partial charge on any atom is 0.146 e. The van der Waals surface area contributed by atoms with Crippen molar-refractivity contribution in [1.29, 1.82) is 5.26 Å². The fourth-order valence-electron chi connectivity index (χ4n) is 2.53. The Bertz CT molecular complexity index is 847. The first-order chi connectivity index (χ1) is 10.7. The first kappa shape index (κ1) is 14.2. The van der Waals surface area contributed by atoms with Crippen LogP contribution in [0.3, 0.4) is 0 Å². The van der Waals surface area contributed by atoms with E-state index in [0.717, 1.165) is 27.7 Å². The maximum atomic E-state index is 9.67. The number of hydrogen-bond donors (Lipinski definition) is 1. The molecule has 2 aromatic carbocycles. The van der Waals surface area contributed by atoms with Crippen LogP contribution in [-0.2, 0) is 6.42 Å². The molecule has 22 heavy (non-hydrogen) atoms. The van der Waals surface area contributed by atoms with Crippen molar-refractivity contribution < 1.29 is 5.11 Å². The standard InChI is InChI=1S/C19H16N2O/c1-13-6-8-14(9-7-13)18-10-15-4-2-3-5-17(15)19(21-18)11-16(22)12-20/h2-10,16,22H,11H2,1H3. The third kappa shape index (κ3) is 2.83. The number of aliphatic hydroxyl groups excluding tert-OH is 1. The number of pyridine rings is 1. The Morgan fingerprint density at radius 1 is 1.14 bits per heavy atom. The Labute approximate surface area is 129 Å². The topological polar surface area (TPSA) is 56.9 Å². The molecule has 1 heterocycles. The van der Waals surface area contributed by atoms with E-state index in [1.165, 1.54) is 5.56 Å². The quantitative estimate of drug-likeness (QED) is 0.749. The predicted octanol–water partition coefficient (Wildman–Crippen LogP) is 3.64. The Hall–Kier alpha value is -2.70. The predicted molar refractivity (Wildman–Crippen MR) is 87.2 cm³/mol. The van der Waals surface area contributed by atoms with Gasteiger partial charge in [-0.15, -0.1) is 0 Å². The number of aliphatic hydroxyl groups is 1. The third-order valence-corrected chi connectivity index (χ3v) is 3.70. The molecule has 3 rings (SSSR count). The molecule has 0 aliphatic carbocycles. The average molecular weight is 288 g/mol. The summed E-state index contributed by atoms with van der Waals surface area (Å²) in [6.45, 7) is 2.05.